The van der Waals surface area contributed by atoms with E-state index in [0.717, 1.165) is 18.5 Å². The fourth-order valence-corrected chi connectivity index (χ4v) is 5.00. The lowest BCUT2D eigenvalue weighted by Gasteiger charge is -2.15. The molecular weight excluding hydrogens is 398 g/mol. The highest BCUT2D eigenvalue weighted by Crippen LogP contribution is 2.21. The number of carbonyl (C=O) groups excluding carboxylic acids is 1. The summed E-state index contributed by atoms with van der Waals surface area (Å²) >= 11 is 1.34. The van der Waals surface area contributed by atoms with Gasteiger partial charge in [-0.25, -0.2) is 13.4 Å². The summed E-state index contributed by atoms with van der Waals surface area (Å²) in [6.07, 6.45) is 3.09. The Kier molecular flexibility index (Phi) is 6.08. The van der Waals surface area contributed by atoms with Crippen LogP contribution in [0.1, 0.15) is 33.9 Å². The number of benzene rings is 1. The molecule has 2 aromatic rings. The van der Waals surface area contributed by atoms with Gasteiger partial charge in [-0.05, 0) is 44.0 Å². The molecule has 1 aliphatic heterocycles. The number of hydrogen-bond acceptors (Lipinski definition) is 7. The molecule has 0 aliphatic carbocycles. The number of thiazole rings is 1. The Hall–Kier alpha value is -2.74. The third kappa shape index (κ3) is 4.39. The number of sulfonamides is 1. The Bertz CT molecular complexity index is 1030. The number of allylic oxidation sites excluding steroid dienone is 1. The van der Waals surface area contributed by atoms with Crippen molar-refractivity contribution in [1.29, 1.82) is 5.26 Å². The van der Waals surface area contributed by atoms with Gasteiger partial charge in [-0.3, -0.25) is 10.2 Å². The number of carbonyl (C=O) groups is 1. The van der Waals surface area contributed by atoms with E-state index in [-0.39, 0.29) is 4.90 Å². The van der Waals surface area contributed by atoms with Gasteiger partial charge in [-0.1, -0.05) is 0 Å². The number of hydrogen-bond donors (Lipinski definition) is 2. The first-order valence-corrected chi connectivity index (χ1v) is 10.9. The third-order valence-electron chi connectivity index (χ3n) is 4.19. The normalized spacial score (nSPS) is 15.2. The van der Waals surface area contributed by atoms with E-state index in [1.807, 2.05) is 18.4 Å². The first-order valence-electron chi connectivity index (χ1n) is 8.60. The van der Waals surface area contributed by atoms with E-state index in [0.29, 0.717) is 29.2 Å². The molecule has 2 N–H and O–H groups in total. The van der Waals surface area contributed by atoms with Crippen molar-refractivity contribution in [2.24, 2.45) is 0 Å². The first kappa shape index (κ1) is 20.0. The molecule has 1 aromatic heterocycles. The van der Waals surface area contributed by atoms with Crippen molar-refractivity contribution in [3.8, 4) is 6.07 Å². The summed E-state index contributed by atoms with van der Waals surface area (Å²) in [5.74, 6) is -0.450. The third-order valence-corrected chi connectivity index (χ3v) is 7.10. The predicted octanol–water partition coefficient (Wildman–Crippen LogP) is 2.04. The zero-order chi connectivity index (χ0) is 20.1. The summed E-state index contributed by atoms with van der Waals surface area (Å²) in [4.78, 5) is 16.6. The molecule has 146 valence electrons. The van der Waals surface area contributed by atoms with Gasteiger partial charge in [0, 0.05) is 35.9 Å². The monoisotopic (exact) mass is 417 g/mol. The Morgan fingerprint density at radius 3 is 2.54 bits per heavy atom. The summed E-state index contributed by atoms with van der Waals surface area (Å²) in [6, 6.07) is 7.79. The highest BCUT2D eigenvalue weighted by atomic mass is 32.2. The first-order chi connectivity index (χ1) is 13.4. The second-order valence-electron chi connectivity index (χ2n) is 6.20. The summed E-state index contributed by atoms with van der Waals surface area (Å²) in [7, 11) is -3.51. The summed E-state index contributed by atoms with van der Waals surface area (Å²) in [6.45, 7) is 2.89. The molecule has 1 saturated heterocycles. The van der Waals surface area contributed by atoms with Crippen LogP contribution in [0.25, 0.3) is 5.57 Å². The smallest absolute Gasteiger partial charge is 0.269 e. The van der Waals surface area contributed by atoms with Crippen LogP contribution in [0, 0.1) is 18.3 Å². The van der Waals surface area contributed by atoms with Crippen molar-refractivity contribution in [3.05, 3.63) is 52.1 Å². The minimum atomic E-state index is -3.51. The van der Waals surface area contributed by atoms with Crippen LogP contribution in [0.15, 0.2) is 40.7 Å². The second-order valence-corrected chi connectivity index (χ2v) is 8.99. The number of aryl methyl sites for hydroxylation is 1. The molecule has 28 heavy (non-hydrogen) atoms. The molecule has 0 unspecified atom stereocenters. The SMILES string of the molecule is Cc1csc(/C(C#N)=C/NNC(=O)c2ccc(S(=O)(=O)N3CCCC3)cc2)n1. The van der Waals surface area contributed by atoms with E-state index in [4.69, 9.17) is 0 Å². The van der Waals surface area contributed by atoms with Crippen molar-refractivity contribution >= 4 is 32.8 Å². The maximum absolute atomic E-state index is 12.5. The number of rotatable bonds is 6. The van der Waals surface area contributed by atoms with Crippen LogP contribution in [-0.4, -0.2) is 36.7 Å². The van der Waals surface area contributed by atoms with Crippen LogP contribution in [0.5, 0.6) is 0 Å². The molecule has 10 heteroatoms. The molecule has 3 rings (SSSR count). The quantitative estimate of drug-likeness (QED) is 0.549. The molecule has 0 spiro atoms. The standard InChI is InChI=1S/C18H19N5O3S2/c1-13-12-27-18(21-13)15(10-19)11-20-22-17(24)14-4-6-16(7-5-14)28(25,26)23-8-2-3-9-23/h4-7,11-12,20H,2-3,8-9H2,1H3,(H,22,24)/b15-11+. The molecule has 2 heterocycles. The number of hydrazine groups is 1. The molecule has 1 aromatic carbocycles. The van der Waals surface area contributed by atoms with Crippen LogP contribution in [0.3, 0.4) is 0 Å². The van der Waals surface area contributed by atoms with Crippen LogP contribution in [0.2, 0.25) is 0 Å². The van der Waals surface area contributed by atoms with Crippen LogP contribution >= 0.6 is 11.3 Å². The van der Waals surface area contributed by atoms with Gasteiger partial charge in [0.1, 0.15) is 16.6 Å². The van der Waals surface area contributed by atoms with E-state index in [1.54, 1.807) is 0 Å². The lowest BCUT2D eigenvalue weighted by molar-refractivity contribution is 0.0941. The molecule has 0 bridgehead atoms. The second kappa shape index (κ2) is 8.52. The molecule has 0 radical (unpaired) electrons. The maximum Gasteiger partial charge on any atom is 0.269 e. The van der Waals surface area contributed by atoms with E-state index >= 15 is 0 Å². The van der Waals surface area contributed by atoms with Gasteiger partial charge in [-0.15, -0.1) is 11.3 Å². The minimum Gasteiger partial charge on any atom is -0.304 e. The lowest BCUT2D eigenvalue weighted by atomic mass is 10.2. The van der Waals surface area contributed by atoms with Crippen molar-refractivity contribution < 1.29 is 13.2 Å². The van der Waals surface area contributed by atoms with Gasteiger partial charge in [0.05, 0.1) is 4.90 Å². The van der Waals surface area contributed by atoms with E-state index in [2.05, 4.69) is 15.8 Å². The topological polar surface area (TPSA) is 115 Å². The fourth-order valence-electron chi connectivity index (χ4n) is 2.72. The number of nitrogens with one attached hydrogen (secondary N) is 2. The number of amides is 1. The largest absolute Gasteiger partial charge is 0.304 e. The average molecular weight is 418 g/mol. The maximum atomic E-state index is 12.5. The van der Waals surface area contributed by atoms with Gasteiger partial charge >= 0.3 is 0 Å². The highest BCUT2D eigenvalue weighted by Gasteiger charge is 2.27. The molecule has 1 fully saturated rings. The highest BCUT2D eigenvalue weighted by molar-refractivity contribution is 7.89. The Morgan fingerprint density at radius 2 is 1.96 bits per heavy atom. The minimum absolute atomic E-state index is 0.171. The molecular formula is C18H19N5O3S2. The Labute approximate surface area is 167 Å². The van der Waals surface area contributed by atoms with Gasteiger partial charge in [0.2, 0.25) is 10.0 Å². The van der Waals surface area contributed by atoms with Gasteiger partial charge in [0.15, 0.2) is 0 Å². The average Bonchev–Trinajstić information content (AvgIpc) is 3.37. The number of nitrogens with zero attached hydrogens (tertiary/aromatic N) is 3. The summed E-state index contributed by atoms with van der Waals surface area (Å²) in [5, 5.41) is 11.6. The van der Waals surface area contributed by atoms with Crippen molar-refractivity contribution in [2.45, 2.75) is 24.7 Å². The molecule has 1 amide bonds. The van der Waals surface area contributed by atoms with E-state index in [1.165, 1.54) is 46.1 Å². The Morgan fingerprint density at radius 1 is 1.29 bits per heavy atom. The number of aromatic nitrogens is 1. The summed E-state index contributed by atoms with van der Waals surface area (Å²) in [5.41, 5.74) is 6.45. The predicted molar refractivity (Wildman–Crippen MR) is 105 cm³/mol. The van der Waals surface area contributed by atoms with Crippen LogP contribution < -0.4 is 10.9 Å². The number of nitriles is 1. The fraction of sp³-hybridized carbons (Fsp3) is 0.278. The summed E-state index contributed by atoms with van der Waals surface area (Å²) < 4.78 is 26.5. The van der Waals surface area contributed by atoms with Crippen LogP contribution in [0.4, 0.5) is 0 Å². The lowest BCUT2D eigenvalue weighted by Crippen LogP contribution is -2.33. The molecule has 0 saturated carbocycles. The zero-order valence-electron chi connectivity index (χ0n) is 15.2. The van der Waals surface area contributed by atoms with E-state index in [9.17, 15) is 18.5 Å². The van der Waals surface area contributed by atoms with Gasteiger partial charge < -0.3 is 5.43 Å². The Balaban J connectivity index is 1.63. The molecule has 1 aliphatic rings. The molecule has 8 nitrogen and oxygen atoms in total. The zero-order valence-corrected chi connectivity index (χ0v) is 16.8. The van der Waals surface area contributed by atoms with Gasteiger partial charge in [0.25, 0.3) is 5.91 Å². The van der Waals surface area contributed by atoms with Crippen LogP contribution in [-0.2, 0) is 10.0 Å². The van der Waals surface area contributed by atoms with E-state index < -0.39 is 15.9 Å². The van der Waals surface area contributed by atoms with Crippen molar-refractivity contribution in [3.63, 3.8) is 0 Å². The molecule has 0 atom stereocenters. The van der Waals surface area contributed by atoms with Crippen molar-refractivity contribution in [1.82, 2.24) is 20.1 Å². The van der Waals surface area contributed by atoms with Crippen molar-refractivity contribution in [2.75, 3.05) is 13.1 Å². The van der Waals surface area contributed by atoms with Gasteiger partial charge in [-0.2, -0.15) is 9.57 Å².